The summed E-state index contributed by atoms with van der Waals surface area (Å²) in [6.07, 6.45) is 4.77. The van der Waals surface area contributed by atoms with Crippen molar-refractivity contribution < 1.29 is 14.6 Å². The molecule has 1 unspecified atom stereocenters. The Hall–Kier alpha value is -1.70. The van der Waals surface area contributed by atoms with Gasteiger partial charge in [0.1, 0.15) is 5.82 Å². The molecule has 0 bridgehead atoms. The van der Waals surface area contributed by atoms with E-state index in [4.69, 9.17) is 4.74 Å². The molecule has 4 rings (SSSR count). The van der Waals surface area contributed by atoms with Crippen LogP contribution >= 0.6 is 0 Å². The van der Waals surface area contributed by atoms with Crippen LogP contribution in [0.3, 0.4) is 0 Å². The van der Waals surface area contributed by atoms with Crippen LogP contribution in [0.25, 0.3) is 0 Å². The van der Waals surface area contributed by atoms with Crippen LogP contribution in [0.4, 0.5) is 5.82 Å². The molecule has 1 atom stereocenters. The molecular weight excluding hydrogens is 344 g/mol. The fourth-order valence-electron chi connectivity index (χ4n) is 4.45. The lowest BCUT2D eigenvalue weighted by molar-refractivity contribution is 0.00158. The molecule has 0 saturated carbocycles. The van der Waals surface area contributed by atoms with Gasteiger partial charge in [0.2, 0.25) is 0 Å². The van der Waals surface area contributed by atoms with Crippen LogP contribution in [0.2, 0.25) is 0 Å². The van der Waals surface area contributed by atoms with Crippen LogP contribution in [0.5, 0.6) is 0 Å². The van der Waals surface area contributed by atoms with Crippen LogP contribution in [-0.2, 0) is 4.74 Å². The number of piperidine rings is 1. The van der Waals surface area contributed by atoms with Crippen molar-refractivity contribution in [2.24, 2.45) is 5.92 Å². The monoisotopic (exact) mass is 374 g/mol. The summed E-state index contributed by atoms with van der Waals surface area (Å²) in [5.41, 5.74) is 0.668. The van der Waals surface area contributed by atoms with E-state index in [0.29, 0.717) is 17.5 Å². The number of likely N-dealkylation sites (tertiary alicyclic amines) is 1. The number of carbonyl (C=O) groups is 1. The third-order valence-corrected chi connectivity index (χ3v) is 6.18. The number of carbonyl (C=O) groups excluding carboxylic acids is 1. The zero-order chi connectivity index (χ0) is 18.6. The first-order chi connectivity index (χ1) is 13.2. The van der Waals surface area contributed by atoms with Crippen molar-refractivity contribution in [1.82, 2.24) is 14.8 Å². The van der Waals surface area contributed by atoms with Gasteiger partial charge in [0.05, 0.1) is 18.8 Å². The van der Waals surface area contributed by atoms with Gasteiger partial charge in [-0.3, -0.25) is 9.69 Å². The summed E-state index contributed by atoms with van der Waals surface area (Å²) >= 11 is 0. The first kappa shape index (κ1) is 18.7. The van der Waals surface area contributed by atoms with Gasteiger partial charge in [0, 0.05) is 64.0 Å². The number of nitrogens with zero attached hydrogens (tertiary/aromatic N) is 4. The predicted octanol–water partition coefficient (Wildman–Crippen LogP) is 0.837. The molecular formula is C20H30N4O3. The van der Waals surface area contributed by atoms with E-state index < -0.39 is 0 Å². The highest BCUT2D eigenvalue weighted by Gasteiger charge is 2.28. The lowest BCUT2D eigenvalue weighted by atomic mass is 10.0. The third-order valence-electron chi connectivity index (χ3n) is 6.18. The zero-order valence-corrected chi connectivity index (χ0v) is 15.9. The average Bonchev–Trinajstić information content (AvgIpc) is 3.23. The predicted molar refractivity (Wildman–Crippen MR) is 103 cm³/mol. The number of morpholine rings is 1. The lowest BCUT2D eigenvalue weighted by Gasteiger charge is -2.40. The van der Waals surface area contributed by atoms with Crippen LogP contribution < -0.4 is 4.90 Å². The second kappa shape index (κ2) is 8.54. The first-order valence-electron chi connectivity index (χ1n) is 10.2. The fraction of sp³-hybridized carbons (Fsp3) is 0.700. The number of hydrogen-bond donors (Lipinski definition) is 1. The van der Waals surface area contributed by atoms with Gasteiger partial charge in [-0.1, -0.05) is 0 Å². The molecule has 3 aliphatic rings. The molecule has 3 saturated heterocycles. The van der Waals surface area contributed by atoms with Crippen molar-refractivity contribution in [1.29, 1.82) is 0 Å². The van der Waals surface area contributed by atoms with Crippen molar-refractivity contribution in [3.05, 3.63) is 23.9 Å². The van der Waals surface area contributed by atoms with Gasteiger partial charge in [-0.25, -0.2) is 4.98 Å². The number of hydrogen-bond acceptors (Lipinski definition) is 6. The van der Waals surface area contributed by atoms with Gasteiger partial charge >= 0.3 is 0 Å². The molecule has 1 aromatic rings. The molecule has 3 fully saturated rings. The number of rotatable bonds is 4. The summed E-state index contributed by atoms with van der Waals surface area (Å²) in [6.45, 7) is 7.29. The minimum atomic E-state index is 0.0872. The van der Waals surface area contributed by atoms with Crippen molar-refractivity contribution in [2.45, 2.75) is 25.3 Å². The number of pyridine rings is 1. The van der Waals surface area contributed by atoms with Crippen LogP contribution in [-0.4, -0.2) is 90.9 Å². The molecule has 1 N–H and O–H groups in total. The van der Waals surface area contributed by atoms with E-state index in [1.807, 2.05) is 17.0 Å². The molecule has 0 aromatic carbocycles. The van der Waals surface area contributed by atoms with Crippen LogP contribution in [0.15, 0.2) is 18.3 Å². The standard InChI is InChI=1S/C20H30N4O3/c25-15-16-3-6-24(14-16)19-2-1-17(13-21-19)20(26)23-7-4-18(5-8-23)22-9-11-27-12-10-22/h1-2,13,16,18,25H,3-12,14-15H2. The maximum absolute atomic E-state index is 12.8. The van der Waals surface area contributed by atoms with Crippen molar-refractivity contribution in [3.63, 3.8) is 0 Å². The maximum Gasteiger partial charge on any atom is 0.255 e. The van der Waals surface area contributed by atoms with Crippen molar-refractivity contribution in [2.75, 3.05) is 64.0 Å². The Labute approximate surface area is 160 Å². The van der Waals surface area contributed by atoms with Crippen LogP contribution in [0, 0.1) is 5.92 Å². The zero-order valence-electron chi connectivity index (χ0n) is 15.9. The Kier molecular flexibility index (Phi) is 5.90. The SMILES string of the molecule is O=C(c1ccc(N2CCC(CO)C2)nc1)N1CCC(N2CCOCC2)CC1. The van der Waals surface area contributed by atoms with Gasteiger partial charge in [0.25, 0.3) is 5.91 Å². The van der Waals surface area contributed by atoms with E-state index in [1.54, 1.807) is 6.20 Å². The molecule has 7 heteroatoms. The molecule has 27 heavy (non-hydrogen) atoms. The van der Waals surface area contributed by atoms with E-state index in [9.17, 15) is 9.90 Å². The molecule has 0 radical (unpaired) electrons. The summed E-state index contributed by atoms with van der Waals surface area (Å²) in [4.78, 5) is 24.0. The third kappa shape index (κ3) is 4.25. The van der Waals surface area contributed by atoms with Gasteiger partial charge in [-0.15, -0.1) is 0 Å². The molecule has 7 nitrogen and oxygen atoms in total. The fourth-order valence-corrected chi connectivity index (χ4v) is 4.45. The minimum absolute atomic E-state index is 0.0872. The second-order valence-electron chi connectivity index (χ2n) is 7.86. The van der Waals surface area contributed by atoms with Crippen LogP contribution in [0.1, 0.15) is 29.6 Å². The Balaban J connectivity index is 1.31. The Morgan fingerprint density at radius 2 is 1.89 bits per heavy atom. The number of anilines is 1. The highest BCUT2D eigenvalue weighted by molar-refractivity contribution is 5.94. The smallest absolute Gasteiger partial charge is 0.255 e. The molecule has 4 heterocycles. The topological polar surface area (TPSA) is 69.1 Å². The highest BCUT2D eigenvalue weighted by atomic mass is 16.5. The summed E-state index contributed by atoms with van der Waals surface area (Å²) in [5, 5.41) is 9.29. The molecule has 1 amide bonds. The van der Waals surface area contributed by atoms with E-state index in [1.165, 1.54) is 0 Å². The number of aliphatic hydroxyl groups is 1. The first-order valence-corrected chi connectivity index (χ1v) is 10.2. The minimum Gasteiger partial charge on any atom is -0.396 e. The number of amides is 1. The number of aliphatic hydroxyl groups excluding tert-OH is 1. The van der Waals surface area contributed by atoms with E-state index in [0.717, 1.165) is 77.6 Å². The Morgan fingerprint density at radius 3 is 2.52 bits per heavy atom. The van der Waals surface area contributed by atoms with Gasteiger partial charge < -0.3 is 19.6 Å². The molecule has 1 aromatic heterocycles. The van der Waals surface area contributed by atoms with Crippen molar-refractivity contribution >= 4 is 11.7 Å². The number of ether oxygens (including phenoxy) is 1. The van der Waals surface area contributed by atoms with Crippen molar-refractivity contribution in [3.8, 4) is 0 Å². The Bertz CT molecular complexity index is 625. The summed E-state index contributed by atoms with van der Waals surface area (Å²) in [5.74, 6) is 1.32. The quantitative estimate of drug-likeness (QED) is 0.842. The van der Waals surface area contributed by atoms with E-state index in [2.05, 4.69) is 14.8 Å². The molecule has 148 valence electrons. The summed E-state index contributed by atoms with van der Waals surface area (Å²) in [7, 11) is 0. The largest absolute Gasteiger partial charge is 0.396 e. The summed E-state index contributed by atoms with van der Waals surface area (Å²) < 4.78 is 5.44. The van der Waals surface area contributed by atoms with E-state index >= 15 is 0 Å². The average molecular weight is 374 g/mol. The lowest BCUT2D eigenvalue weighted by Crippen LogP contribution is -2.50. The highest BCUT2D eigenvalue weighted by Crippen LogP contribution is 2.23. The Morgan fingerprint density at radius 1 is 1.11 bits per heavy atom. The van der Waals surface area contributed by atoms with Gasteiger partial charge in [-0.2, -0.15) is 0 Å². The normalized spacial score (nSPS) is 25.1. The number of aromatic nitrogens is 1. The van der Waals surface area contributed by atoms with Gasteiger partial charge in [0.15, 0.2) is 0 Å². The van der Waals surface area contributed by atoms with Gasteiger partial charge in [-0.05, 0) is 31.4 Å². The summed E-state index contributed by atoms with van der Waals surface area (Å²) in [6, 6.07) is 4.41. The maximum atomic E-state index is 12.8. The van der Waals surface area contributed by atoms with E-state index in [-0.39, 0.29) is 12.5 Å². The molecule has 3 aliphatic heterocycles. The second-order valence-corrected chi connectivity index (χ2v) is 7.86. The molecule has 0 aliphatic carbocycles. The molecule has 0 spiro atoms.